The van der Waals surface area contributed by atoms with Crippen molar-refractivity contribution >= 4 is 11.6 Å². The summed E-state index contributed by atoms with van der Waals surface area (Å²) in [6.45, 7) is 8.25. The van der Waals surface area contributed by atoms with Gasteiger partial charge in [-0.1, -0.05) is 12.1 Å². The highest BCUT2D eigenvalue weighted by Gasteiger charge is 2.31. The number of carbonyl (C=O) groups excluding carboxylic acids is 2. The van der Waals surface area contributed by atoms with Crippen molar-refractivity contribution in [3.8, 4) is 5.75 Å². The zero-order valence-corrected chi connectivity index (χ0v) is 20.7. The number of methoxy groups -OCH3 is 1. The maximum atomic E-state index is 12.7. The molecule has 9 nitrogen and oxygen atoms in total. The number of aliphatic hydroxyl groups is 1. The van der Waals surface area contributed by atoms with E-state index in [1.54, 1.807) is 13.3 Å². The van der Waals surface area contributed by atoms with Crippen molar-refractivity contribution in [3.63, 3.8) is 0 Å². The molecule has 0 aromatic heterocycles. The molecule has 2 N–H and O–H groups in total. The lowest BCUT2D eigenvalue weighted by molar-refractivity contribution is -0.124. The summed E-state index contributed by atoms with van der Waals surface area (Å²) in [7, 11) is 1.63. The van der Waals surface area contributed by atoms with Crippen molar-refractivity contribution in [2.45, 2.75) is 18.8 Å². The van der Waals surface area contributed by atoms with Crippen LogP contribution in [0.15, 0.2) is 36.0 Å². The van der Waals surface area contributed by atoms with Crippen LogP contribution in [0.25, 0.3) is 0 Å². The molecule has 1 aromatic rings. The van der Waals surface area contributed by atoms with Gasteiger partial charge in [0.15, 0.2) is 11.6 Å². The van der Waals surface area contributed by atoms with E-state index in [0.29, 0.717) is 51.6 Å². The Hall–Kier alpha value is -2.30. The van der Waals surface area contributed by atoms with E-state index in [1.165, 1.54) is 0 Å². The Morgan fingerprint density at radius 2 is 1.69 bits per heavy atom. The van der Waals surface area contributed by atoms with Crippen molar-refractivity contribution in [1.29, 1.82) is 0 Å². The van der Waals surface area contributed by atoms with Crippen LogP contribution < -0.4 is 10.1 Å². The van der Waals surface area contributed by atoms with Crippen LogP contribution >= 0.6 is 0 Å². The largest absolute Gasteiger partial charge is 0.491 e. The lowest BCUT2D eigenvalue weighted by Crippen LogP contribution is -2.48. The average Bonchev–Trinajstić information content (AvgIpc) is 2.86. The second-order valence-corrected chi connectivity index (χ2v) is 8.90. The lowest BCUT2D eigenvalue weighted by Gasteiger charge is -2.34. The van der Waals surface area contributed by atoms with Gasteiger partial charge in [-0.2, -0.15) is 0 Å². The van der Waals surface area contributed by atoms with Crippen molar-refractivity contribution in [2.75, 3.05) is 86.0 Å². The third kappa shape index (κ3) is 9.01. The number of ketones is 2. The van der Waals surface area contributed by atoms with Gasteiger partial charge in [0.2, 0.25) is 0 Å². The molecule has 35 heavy (non-hydrogen) atoms. The van der Waals surface area contributed by atoms with Crippen molar-refractivity contribution in [3.05, 3.63) is 41.6 Å². The zero-order chi connectivity index (χ0) is 24.9. The Morgan fingerprint density at radius 1 is 1.00 bits per heavy atom. The van der Waals surface area contributed by atoms with Crippen LogP contribution in [0.2, 0.25) is 0 Å². The van der Waals surface area contributed by atoms with Gasteiger partial charge in [-0.05, 0) is 23.6 Å². The number of ether oxygens (including phenoxy) is 3. The van der Waals surface area contributed by atoms with Crippen LogP contribution in [0.3, 0.4) is 0 Å². The lowest BCUT2D eigenvalue weighted by atomic mass is 9.80. The average molecular weight is 490 g/mol. The fraction of sp³-hybridized carbons (Fsp3) is 0.615. The molecule has 194 valence electrons. The second-order valence-electron chi connectivity index (χ2n) is 8.90. The van der Waals surface area contributed by atoms with Crippen LogP contribution in [0, 0.1) is 0 Å². The van der Waals surface area contributed by atoms with Crippen LogP contribution in [0.1, 0.15) is 24.3 Å². The molecule has 1 heterocycles. The summed E-state index contributed by atoms with van der Waals surface area (Å²) in [5.74, 6) is 0.338. The molecule has 0 radical (unpaired) electrons. The molecule has 2 aliphatic rings. The highest BCUT2D eigenvalue weighted by molar-refractivity contribution is 6.22. The number of hydrogen-bond acceptors (Lipinski definition) is 9. The Labute approximate surface area is 208 Å². The molecule has 1 aliphatic heterocycles. The fourth-order valence-electron chi connectivity index (χ4n) is 4.39. The zero-order valence-electron chi connectivity index (χ0n) is 20.7. The van der Waals surface area contributed by atoms with Gasteiger partial charge in [0, 0.05) is 72.0 Å². The van der Waals surface area contributed by atoms with Crippen molar-refractivity contribution < 1.29 is 28.9 Å². The van der Waals surface area contributed by atoms with E-state index in [4.69, 9.17) is 19.3 Å². The molecule has 1 aliphatic carbocycles. The SMILES string of the molecule is COCCOCCOc1cccc(C2CC(=O)C(=CNCCN3CCN(CCO)CC3)C(=O)C2)c1. The number of benzene rings is 1. The molecule has 1 aromatic carbocycles. The quantitative estimate of drug-likeness (QED) is 0.224. The number of allylic oxidation sites excluding steroid dienone is 1. The molecule has 2 fully saturated rings. The highest BCUT2D eigenvalue weighted by Crippen LogP contribution is 2.33. The molecule has 1 saturated heterocycles. The van der Waals surface area contributed by atoms with Gasteiger partial charge in [-0.25, -0.2) is 0 Å². The van der Waals surface area contributed by atoms with E-state index >= 15 is 0 Å². The van der Waals surface area contributed by atoms with Gasteiger partial charge < -0.3 is 24.6 Å². The number of Topliss-reactive ketones (excluding diaryl/α,β-unsaturated/α-hetero) is 2. The summed E-state index contributed by atoms with van der Waals surface area (Å²) >= 11 is 0. The highest BCUT2D eigenvalue weighted by atomic mass is 16.5. The first kappa shape index (κ1) is 27.3. The molecule has 9 heteroatoms. The monoisotopic (exact) mass is 489 g/mol. The summed E-state index contributed by atoms with van der Waals surface area (Å²) in [5.41, 5.74) is 1.21. The van der Waals surface area contributed by atoms with Crippen molar-refractivity contribution in [2.24, 2.45) is 0 Å². The first-order valence-electron chi connectivity index (χ1n) is 12.5. The minimum Gasteiger partial charge on any atom is -0.491 e. The Balaban J connectivity index is 1.42. The number of aliphatic hydroxyl groups excluding tert-OH is 1. The van der Waals surface area contributed by atoms with E-state index in [2.05, 4.69) is 15.1 Å². The van der Waals surface area contributed by atoms with Crippen LogP contribution in [-0.2, 0) is 19.1 Å². The molecular weight excluding hydrogens is 450 g/mol. The van der Waals surface area contributed by atoms with Gasteiger partial charge in [0.25, 0.3) is 0 Å². The summed E-state index contributed by atoms with van der Waals surface area (Å²) in [4.78, 5) is 30.1. The van der Waals surface area contributed by atoms with Gasteiger partial charge in [-0.15, -0.1) is 0 Å². The Morgan fingerprint density at radius 3 is 2.37 bits per heavy atom. The van der Waals surface area contributed by atoms with Crippen LogP contribution in [0.5, 0.6) is 5.75 Å². The predicted octanol–water partition coefficient (Wildman–Crippen LogP) is 0.827. The minimum absolute atomic E-state index is 0.116. The first-order chi connectivity index (χ1) is 17.1. The van der Waals surface area contributed by atoms with Gasteiger partial charge in [-0.3, -0.25) is 19.4 Å². The normalized spacial score (nSPS) is 19.7. The summed E-state index contributed by atoms with van der Waals surface area (Å²) in [6.07, 6.45) is 2.23. The molecule has 3 rings (SSSR count). The van der Waals surface area contributed by atoms with E-state index in [-0.39, 0.29) is 29.7 Å². The van der Waals surface area contributed by atoms with Gasteiger partial charge in [0.05, 0.1) is 32.0 Å². The van der Waals surface area contributed by atoms with E-state index < -0.39 is 0 Å². The molecular formula is C26H39N3O6. The Bertz CT molecular complexity index is 818. The smallest absolute Gasteiger partial charge is 0.168 e. The third-order valence-corrected chi connectivity index (χ3v) is 6.42. The topological polar surface area (TPSA) is 101 Å². The fourth-order valence-corrected chi connectivity index (χ4v) is 4.39. The number of carbonyl (C=O) groups is 2. The Kier molecular flexibility index (Phi) is 11.7. The van der Waals surface area contributed by atoms with Crippen LogP contribution in [-0.4, -0.2) is 112 Å². The van der Waals surface area contributed by atoms with Gasteiger partial charge in [0.1, 0.15) is 12.4 Å². The maximum Gasteiger partial charge on any atom is 0.168 e. The second kappa shape index (κ2) is 15.0. The molecule has 1 saturated carbocycles. The summed E-state index contributed by atoms with van der Waals surface area (Å²) in [5, 5.41) is 12.2. The number of rotatable bonds is 14. The first-order valence-corrected chi connectivity index (χ1v) is 12.5. The van der Waals surface area contributed by atoms with Gasteiger partial charge >= 0.3 is 0 Å². The van der Waals surface area contributed by atoms with E-state index in [0.717, 1.165) is 44.8 Å². The summed E-state index contributed by atoms with van der Waals surface area (Å²) in [6, 6.07) is 7.61. The van der Waals surface area contributed by atoms with E-state index in [9.17, 15) is 9.59 Å². The molecule has 0 spiro atoms. The predicted molar refractivity (Wildman–Crippen MR) is 133 cm³/mol. The van der Waals surface area contributed by atoms with Crippen molar-refractivity contribution in [1.82, 2.24) is 15.1 Å². The van der Waals surface area contributed by atoms with E-state index in [1.807, 2.05) is 24.3 Å². The number of nitrogens with one attached hydrogen (secondary N) is 1. The molecule has 0 unspecified atom stereocenters. The summed E-state index contributed by atoms with van der Waals surface area (Å²) < 4.78 is 16.1. The van der Waals surface area contributed by atoms with Crippen LogP contribution in [0.4, 0.5) is 0 Å². The maximum absolute atomic E-state index is 12.7. The number of β-amino-alcohol motifs (C(OH)–C–C–N with tert-alkyl or cyclic N) is 1. The molecule has 0 amide bonds. The molecule has 0 bridgehead atoms. The number of hydrogen-bond donors (Lipinski definition) is 2. The minimum atomic E-state index is -0.135. The third-order valence-electron chi connectivity index (χ3n) is 6.42. The number of nitrogens with zero attached hydrogens (tertiary/aromatic N) is 2. The number of piperazine rings is 1. The standard InChI is InChI=1S/C26H39N3O6/c1-33-13-14-34-15-16-35-23-4-2-3-21(17-23)22-18-25(31)24(26(32)19-22)20-27-5-6-28-7-9-29(10-8-28)11-12-30/h2-4,17,20,22,27,30H,5-16,18-19H2,1H3. The molecule has 0 atom stereocenters.